The number of nitrogens with zero attached hydrogens (tertiary/aromatic N) is 5. The van der Waals surface area contributed by atoms with Gasteiger partial charge in [-0.3, -0.25) is 9.59 Å². The first-order chi connectivity index (χ1) is 18.7. The number of rotatable bonds is 6. The SMILES string of the molecule is [2H]c1nc(N2CCN(c3ccc(NC(=O)C(=O)c4c(-c5ccccc5)cc(C)n4C)cc3)CC2)nc(C)c1F. The van der Waals surface area contributed by atoms with Crippen molar-refractivity contribution in [1.29, 1.82) is 0 Å². The van der Waals surface area contributed by atoms with Crippen molar-refractivity contribution in [3.8, 4) is 11.1 Å². The van der Waals surface area contributed by atoms with Crippen LogP contribution in [-0.2, 0) is 11.8 Å². The molecule has 1 N–H and O–H groups in total. The number of carbonyl (C=O) groups excluding carboxylic acids is 2. The van der Waals surface area contributed by atoms with Crippen LogP contribution < -0.4 is 15.1 Å². The summed E-state index contributed by atoms with van der Waals surface area (Å²) in [6.07, 6.45) is -0.394. The molecule has 0 atom stereocenters. The number of nitrogens with one attached hydrogen (secondary N) is 1. The molecular formula is C29H29FN6O2. The zero-order valence-electron chi connectivity index (χ0n) is 22.5. The molecule has 38 heavy (non-hydrogen) atoms. The number of hydrogen-bond donors (Lipinski definition) is 1. The van der Waals surface area contributed by atoms with E-state index in [2.05, 4.69) is 20.2 Å². The van der Waals surface area contributed by atoms with Crippen molar-refractivity contribution in [3.63, 3.8) is 0 Å². The maximum absolute atomic E-state index is 13.7. The highest BCUT2D eigenvalue weighted by molar-refractivity contribution is 6.47. The van der Waals surface area contributed by atoms with Crippen LogP contribution in [0.1, 0.15) is 23.2 Å². The fourth-order valence-electron chi connectivity index (χ4n) is 4.60. The van der Waals surface area contributed by atoms with E-state index in [1.807, 2.05) is 60.4 Å². The molecule has 0 aliphatic carbocycles. The summed E-state index contributed by atoms with van der Waals surface area (Å²) in [5.74, 6) is -1.62. The Morgan fingerprint density at radius 3 is 2.29 bits per heavy atom. The Balaban J connectivity index is 1.23. The molecule has 5 rings (SSSR count). The zero-order chi connectivity index (χ0) is 27.7. The number of ketones is 1. The van der Waals surface area contributed by atoms with Gasteiger partial charge in [0.2, 0.25) is 5.95 Å². The second-order valence-electron chi connectivity index (χ2n) is 9.31. The first kappa shape index (κ1) is 23.8. The second kappa shape index (κ2) is 10.5. The lowest BCUT2D eigenvalue weighted by Gasteiger charge is -2.36. The van der Waals surface area contributed by atoms with E-state index >= 15 is 0 Å². The number of Topliss-reactive ketones (excluding diaryl/α,β-unsaturated/α-hetero) is 1. The Labute approximate surface area is 222 Å². The summed E-state index contributed by atoms with van der Waals surface area (Å²) < 4.78 is 23.2. The third kappa shape index (κ3) is 5.00. The third-order valence-corrected chi connectivity index (χ3v) is 6.87. The predicted molar refractivity (Wildman–Crippen MR) is 146 cm³/mol. The van der Waals surface area contributed by atoms with E-state index in [1.54, 1.807) is 23.7 Å². The lowest BCUT2D eigenvalue weighted by atomic mass is 10.0. The first-order valence-corrected chi connectivity index (χ1v) is 12.4. The normalized spacial score (nSPS) is 13.8. The number of amides is 1. The van der Waals surface area contributed by atoms with Crippen LogP contribution in [0.15, 0.2) is 66.8 Å². The molecule has 1 fully saturated rings. The minimum absolute atomic E-state index is 0.169. The molecule has 2 aromatic carbocycles. The summed E-state index contributed by atoms with van der Waals surface area (Å²) in [5.41, 5.74) is 4.51. The predicted octanol–water partition coefficient (Wildman–Crippen LogP) is 4.39. The minimum atomic E-state index is -0.696. The van der Waals surface area contributed by atoms with E-state index in [0.717, 1.165) is 22.5 Å². The van der Waals surface area contributed by atoms with Crippen molar-refractivity contribution in [3.05, 3.63) is 89.7 Å². The van der Waals surface area contributed by atoms with Gasteiger partial charge in [0.1, 0.15) is 5.69 Å². The second-order valence-corrected chi connectivity index (χ2v) is 9.31. The van der Waals surface area contributed by atoms with Gasteiger partial charge in [-0.1, -0.05) is 30.3 Å². The fourth-order valence-corrected chi connectivity index (χ4v) is 4.60. The van der Waals surface area contributed by atoms with Crippen molar-refractivity contribution in [2.45, 2.75) is 13.8 Å². The highest BCUT2D eigenvalue weighted by Gasteiger charge is 2.25. The number of aryl methyl sites for hydroxylation is 2. The number of aromatic nitrogens is 3. The van der Waals surface area contributed by atoms with E-state index in [0.29, 0.717) is 43.5 Å². The van der Waals surface area contributed by atoms with Crippen LogP contribution in [0.3, 0.4) is 0 Å². The van der Waals surface area contributed by atoms with Gasteiger partial charge in [-0.05, 0) is 49.7 Å². The molecule has 8 nitrogen and oxygen atoms in total. The molecule has 194 valence electrons. The molecular weight excluding hydrogens is 483 g/mol. The third-order valence-electron chi connectivity index (χ3n) is 6.87. The van der Waals surface area contributed by atoms with Crippen LogP contribution in [0.4, 0.5) is 21.7 Å². The highest BCUT2D eigenvalue weighted by atomic mass is 19.1. The quantitative estimate of drug-likeness (QED) is 0.304. The van der Waals surface area contributed by atoms with Crippen LogP contribution in [0, 0.1) is 19.7 Å². The number of piperazine rings is 1. The highest BCUT2D eigenvalue weighted by Crippen LogP contribution is 2.28. The van der Waals surface area contributed by atoms with E-state index in [1.165, 1.54) is 6.92 Å². The topological polar surface area (TPSA) is 83.4 Å². The maximum atomic E-state index is 13.7. The number of hydrogen-bond acceptors (Lipinski definition) is 6. The molecule has 1 saturated heterocycles. The Hall–Kier alpha value is -4.53. The summed E-state index contributed by atoms with van der Waals surface area (Å²) in [7, 11) is 1.78. The monoisotopic (exact) mass is 513 g/mol. The van der Waals surface area contributed by atoms with Gasteiger partial charge in [0.25, 0.3) is 11.7 Å². The Morgan fingerprint density at radius 2 is 1.63 bits per heavy atom. The Morgan fingerprint density at radius 1 is 0.974 bits per heavy atom. The van der Waals surface area contributed by atoms with E-state index in [4.69, 9.17) is 1.37 Å². The lowest BCUT2D eigenvalue weighted by Crippen LogP contribution is -2.47. The number of benzene rings is 2. The molecule has 3 heterocycles. The molecule has 9 heteroatoms. The molecule has 0 bridgehead atoms. The molecule has 1 amide bonds. The van der Waals surface area contributed by atoms with Gasteiger partial charge >= 0.3 is 0 Å². The summed E-state index contributed by atoms with van der Waals surface area (Å²) in [4.78, 5) is 38.5. The summed E-state index contributed by atoms with van der Waals surface area (Å²) in [5, 5.41) is 2.74. The van der Waals surface area contributed by atoms with Gasteiger partial charge < -0.3 is 19.7 Å². The van der Waals surface area contributed by atoms with Gasteiger partial charge in [0.05, 0.1) is 13.2 Å². The molecule has 1 aliphatic heterocycles. The van der Waals surface area contributed by atoms with Gasteiger partial charge in [0, 0.05) is 55.9 Å². The summed E-state index contributed by atoms with van der Waals surface area (Å²) in [6.45, 7) is 6.05. The van der Waals surface area contributed by atoms with E-state index < -0.39 is 23.7 Å². The van der Waals surface area contributed by atoms with Crippen molar-refractivity contribution in [2.75, 3.05) is 41.3 Å². The van der Waals surface area contributed by atoms with Crippen molar-refractivity contribution in [2.24, 2.45) is 7.05 Å². The average molecular weight is 514 g/mol. The molecule has 2 aromatic heterocycles. The molecule has 1 aliphatic rings. The molecule has 4 aromatic rings. The summed E-state index contributed by atoms with van der Waals surface area (Å²) >= 11 is 0. The van der Waals surface area contributed by atoms with E-state index in [9.17, 15) is 14.0 Å². The van der Waals surface area contributed by atoms with Crippen molar-refractivity contribution >= 4 is 29.0 Å². The number of halogens is 1. The van der Waals surface area contributed by atoms with Gasteiger partial charge in [-0.25, -0.2) is 14.4 Å². The average Bonchev–Trinajstić information content (AvgIpc) is 3.25. The van der Waals surface area contributed by atoms with Crippen LogP contribution in [-0.4, -0.2) is 52.4 Å². The molecule has 0 unspecified atom stereocenters. The van der Waals surface area contributed by atoms with Crippen LogP contribution in [0.2, 0.25) is 0 Å². The van der Waals surface area contributed by atoms with Gasteiger partial charge in [-0.2, -0.15) is 0 Å². The fraction of sp³-hybridized carbons (Fsp3) is 0.241. The van der Waals surface area contributed by atoms with Crippen molar-refractivity contribution in [1.82, 2.24) is 14.5 Å². The van der Waals surface area contributed by atoms with Crippen LogP contribution in [0.5, 0.6) is 0 Å². The lowest BCUT2D eigenvalue weighted by molar-refractivity contribution is -0.112. The number of carbonyl (C=O) groups is 2. The minimum Gasteiger partial charge on any atom is -0.368 e. The standard InChI is InChI=1S/C29H29FN6O2/c1-19-17-24(21-7-5-4-6-8-21)26(34(19)3)27(37)28(38)33-22-9-11-23(12-10-22)35-13-15-36(16-14-35)29-31-18-25(30)20(2)32-29/h4-12,17-18H,13-16H2,1-3H3,(H,33,38)/i18D. The van der Waals surface area contributed by atoms with Gasteiger partial charge in [0.15, 0.2) is 5.82 Å². The maximum Gasteiger partial charge on any atom is 0.298 e. The van der Waals surface area contributed by atoms with Crippen LogP contribution in [0.25, 0.3) is 11.1 Å². The van der Waals surface area contributed by atoms with Crippen LogP contribution >= 0.6 is 0 Å². The first-order valence-electron chi connectivity index (χ1n) is 12.9. The van der Waals surface area contributed by atoms with E-state index in [-0.39, 0.29) is 5.69 Å². The largest absolute Gasteiger partial charge is 0.368 e. The van der Waals surface area contributed by atoms with Gasteiger partial charge in [-0.15, -0.1) is 0 Å². The molecule has 0 saturated carbocycles. The molecule has 0 spiro atoms. The number of anilines is 3. The molecule has 0 radical (unpaired) electrons. The smallest absolute Gasteiger partial charge is 0.298 e. The zero-order valence-corrected chi connectivity index (χ0v) is 21.5. The summed E-state index contributed by atoms with van der Waals surface area (Å²) in [6, 6.07) is 18.8. The van der Waals surface area contributed by atoms with Crippen molar-refractivity contribution < 1.29 is 15.4 Å². The Bertz CT molecular complexity index is 1510. The Kier molecular flexibility index (Phi) is 6.56.